The largest absolute Gasteiger partial charge is 0.490 e. The maximum atomic E-state index is 8.73. The van der Waals surface area contributed by atoms with Crippen LogP contribution in [0.15, 0.2) is 18.5 Å². The minimum Gasteiger partial charge on any atom is -0.490 e. The van der Waals surface area contributed by atoms with Gasteiger partial charge in [0.05, 0.1) is 11.8 Å². The number of aromatic nitrogens is 1. The molecule has 1 aromatic rings. The third-order valence-electron chi connectivity index (χ3n) is 2.96. The van der Waals surface area contributed by atoms with E-state index >= 15 is 0 Å². The minimum atomic E-state index is 0.491. The van der Waals surface area contributed by atoms with Crippen LogP contribution in [0.25, 0.3) is 0 Å². The van der Waals surface area contributed by atoms with Crippen LogP contribution >= 0.6 is 0 Å². The summed E-state index contributed by atoms with van der Waals surface area (Å²) in [6.07, 6.45) is 5.60. The first-order valence-corrected chi connectivity index (χ1v) is 5.48. The maximum Gasteiger partial charge on any atom is 0.138 e. The van der Waals surface area contributed by atoms with Gasteiger partial charge in [0.1, 0.15) is 18.4 Å². The lowest BCUT2D eigenvalue weighted by atomic mass is 10.2. The average molecular weight is 217 g/mol. The van der Waals surface area contributed by atoms with Crippen LogP contribution in [0.3, 0.4) is 0 Å². The molecule has 16 heavy (non-hydrogen) atoms. The monoisotopic (exact) mass is 217 g/mol. The highest BCUT2D eigenvalue weighted by atomic mass is 16.5. The lowest BCUT2D eigenvalue weighted by Crippen LogP contribution is -2.30. The zero-order valence-corrected chi connectivity index (χ0v) is 9.39. The lowest BCUT2D eigenvalue weighted by Gasteiger charge is -2.19. The van der Waals surface area contributed by atoms with Crippen molar-refractivity contribution in [3.05, 3.63) is 24.0 Å². The average Bonchev–Trinajstić information content (AvgIpc) is 2.72. The lowest BCUT2D eigenvalue weighted by molar-refractivity contribution is 0.198. The SMILES string of the molecule is CN1CCC[C@H]1COc1cncc(C#N)c1. The van der Waals surface area contributed by atoms with E-state index in [1.165, 1.54) is 19.0 Å². The summed E-state index contributed by atoms with van der Waals surface area (Å²) < 4.78 is 5.65. The van der Waals surface area contributed by atoms with Crippen molar-refractivity contribution in [2.45, 2.75) is 18.9 Å². The predicted octanol–water partition coefficient (Wildman–Crippen LogP) is 1.43. The molecule has 4 nitrogen and oxygen atoms in total. The molecular weight excluding hydrogens is 202 g/mol. The predicted molar refractivity (Wildman–Crippen MR) is 60.1 cm³/mol. The molecule has 1 atom stereocenters. The van der Waals surface area contributed by atoms with E-state index in [1.807, 2.05) is 0 Å². The summed E-state index contributed by atoms with van der Waals surface area (Å²) in [5.41, 5.74) is 0.539. The van der Waals surface area contributed by atoms with Crippen LogP contribution in [0.1, 0.15) is 18.4 Å². The van der Waals surface area contributed by atoms with E-state index in [0.717, 1.165) is 6.54 Å². The second kappa shape index (κ2) is 4.95. The van der Waals surface area contributed by atoms with Crippen molar-refractivity contribution in [1.29, 1.82) is 5.26 Å². The summed E-state index contributed by atoms with van der Waals surface area (Å²) in [7, 11) is 2.12. The van der Waals surface area contributed by atoms with Gasteiger partial charge in [-0.25, -0.2) is 0 Å². The summed E-state index contributed by atoms with van der Waals surface area (Å²) in [6, 6.07) is 4.27. The smallest absolute Gasteiger partial charge is 0.138 e. The Morgan fingerprint density at radius 3 is 3.19 bits per heavy atom. The molecule has 4 heteroatoms. The van der Waals surface area contributed by atoms with Crippen LogP contribution in [-0.2, 0) is 0 Å². The number of nitrogens with zero attached hydrogens (tertiary/aromatic N) is 3. The van der Waals surface area contributed by atoms with E-state index in [1.54, 1.807) is 12.3 Å². The molecule has 84 valence electrons. The van der Waals surface area contributed by atoms with E-state index in [0.29, 0.717) is 24.0 Å². The summed E-state index contributed by atoms with van der Waals surface area (Å²) in [6.45, 7) is 1.82. The number of pyridine rings is 1. The molecule has 1 saturated heterocycles. The van der Waals surface area contributed by atoms with Crippen LogP contribution in [0.2, 0.25) is 0 Å². The number of likely N-dealkylation sites (N-methyl/N-ethyl adjacent to an activating group) is 1. The fourth-order valence-corrected chi connectivity index (χ4v) is 1.94. The fourth-order valence-electron chi connectivity index (χ4n) is 1.94. The van der Waals surface area contributed by atoms with Crippen LogP contribution in [0.4, 0.5) is 0 Å². The molecule has 0 radical (unpaired) electrons. The van der Waals surface area contributed by atoms with Gasteiger partial charge in [0.25, 0.3) is 0 Å². The minimum absolute atomic E-state index is 0.491. The van der Waals surface area contributed by atoms with E-state index in [9.17, 15) is 0 Å². The van der Waals surface area contributed by atoms with Crippen LogP contribution in [0.5, 0.6) is 5.75 Å². The van der Waals surface area contributed by atoms with Crippen molar-refractivity contribution in [3.8, 4) is 11.8 Å². The molecule has 1 fully saturated rings. The highest BCUT2D eigenvalue weighted by Gasteiger charge is 2.21. The molecule has 0 aromatic carbocycles. The Morgan fingerprint density at radius 2 is 2.50 bits per heavy atom. The number of likely N-dealkylation sites (tertiary alicyclic amines) is 1. The fraction of sp³-hybridized carbons (Fsp3) is 0.500. The first-order valence-electron chi connectivity index (χ1n) is 5.48. The Bertz CT molecular complexity index is 399. The van der Waals surface area contributed by atoms with Crippen molar-refractivity contribution >= 4 is 0 Å². The standard InChI is InChI=1S/C12H15N3O/c1-15-4-2-3-11(15)9-16-12-5-10(6-13)7-14-8-12/h5,7-8,11H,2-4,9H2,1H3/t11-/m0/s1. The number of ether oxygens (including phenoxy) is 1. The summed E-state index contributed by atoms with van der Waals surface area (Å²) in [5, 5.41) is 8.73. The molecule has 1 aromatic heterocycles. The molecule has 0 spiro atoms. The summed E-state index contributed by atoms with van der Waals surface area (Å²) >= 11 is 0. The Labute approximate surface area is 95.5 Å². The number of hydrogen-bond donors (Lipinski definition) is 0. The maximum absolute atomic E-state index is 8.73. The van der Waals surface area contributed by atoms with Gasteiger partial charge in [-0.15, -0.1) is 0 Å². The third-order valence-corrected chi connectivity index (χ3v) is 2.96. The normalized spacial score (nSPS) is 20.6. The molecule has 0 saturated carbocycles. The molecule has 0 aliphatic carbocycles. The molecule has 2 rings (SSSR count). The number of rotatable bonds is 3. The van der Waals surface area contributed by atoms with Gasteiger partial charge in [-0.05, 0) is 26.4 Å². The van der Waals surface area contributed by atoms with Crippen molar-refractivity contribution in [1.82, 2.24) is 9.88 Å². The molecule has 1 aliphatic rings. The molecule has 0 N–H and O–H groups in total. The first-order chi connectivity index (χ1) is 7.79. The van der Waals surface area contributed by atoms with Crippen molar-refractivity contribution in [2.24, 2.45) is 0 Å². The van der Waals surface area contributed by atoms with Gasteiger partial charge in [0.15, 0.2) is 0 Å². The summed E-state index contributed by atoms with van der Waals surface area (Å²) in [4.78, 5) is 6.27. The van der Waals surface area contributed by atoms with Crippen molar-refractivity contribution in [3.63, 3.8) is 0 Å². The van der Waals surface area contributed by atoms with Gasteiger partial charge < -0.3 is 9.64 Å². The molecule has 0 unspecified atom stereocenters. The zero-order valence-electron chi connectivity index (χ0n) is 9.39. The third kappa shape index (κ3) is 2.50. The Morgan fingerprint density at radius 1 is 1.62 bits per heavy atom. The van der Waals surface area contributed by atoms with Gasteiger partial charge in [0, 0.05) is 18.3 Å². The van der Waals surface area contributed by atoms with E-state index in [4.69, 9.17) is 10.00 Å². The second-order valence-electron chi connectivity index (χ2n) is 4.11. The topological polar surface area (TPSA) is 49.1 Å². The van der Waals surface area contributed by atoms with Crippen LogP contribution in [-0.4, -0.2) is 36.1 Å². The zero-order chi connectivity index (χ0) is 11.4. The number of hydrogen-bond acceptors (Lipinski definition) is 4. The Kier molecular flexibility index (Phi) is 3.37. The van der Waals surface area contributed by atoms with Crippen molar-refractivity contribution in [2.75, 3.05) is 20.2 Å². The van der Waals surface area contributed by atoms with Gasteiger partial charge in [0.2, 0.25) is 0 Å². The van der Waals surface area contributed by atoms with Gasteiger partial charge in [-0.1, -0.05) is 0 Å². The summed E-state index contributed by atoms with van der Waals surface area (Å²) in [5.74, 6) is 0.680. The van der Waals surface area contributed by atoms with Gasteiger partial charge >= 0.3 is 0 Å². The second-order valence-corrected chi connectivity index (χ2v) is 4.11. The molecule has 2 heterocycles. The van der Waals surface area contributed by atoms with E-state index in [2.05, 4.69) is 23.0 Å². The van der Waals surface area contributed by atoms with Crippen molar-refractivity contribution < 1.29 is 4.74 Å². The van der Waals surface area contributed by atoms with Crippen LogP contribution < -0.4 is 4.74 Å². The van der Waals surface area contributed by atoms with Gasteiger partial charge in [-0.3, -0.25) is 4.98 Å². The van der Waals surface area contributed by atoms with Gasteiger partial charge in [-0.2, -0.15) is 5.26 Å². The highest BCUT2D eigenvalue weighted by Crippen LogP contribution is 2.17. The Balaban J connectivity index is 1.92. The number of nitriles is 1. The molecular formula is C12H15N3O. The first kappa shape index (κ1) is 10.9. The molecule has 0 amide bonds. The highest BCUT2D eigenvalue weighted by molar-refractivity contribution is 5.32. The van der Waals surface area contributed by atoms with E-state index in [-0.39, 0.29) is 0 Å². The molecule has 1 aliphatic heterocycles. The molecule has 0 bridgehead atoms. The van der Waals surface area contributed by atoms with Crippen LogP contribution in [0, 0.1) is 11.3 Å². The quantitative estimate of drug-likeness (QED) is 0.768. The Hall–Kier alpha value is -1.60. The van der Waals surface area contributed by atoms with E-state index < -0.39 is 0 Å².